The highest BCUT2D eigenvalue weighted by molar-refractivity contribution is 7.91. The molecule has 2 aromatic rings. The predicted octanol–water partition coefficient (Wildman–Crippen LogP) is 3.13. The first-order valence-electron chi connectivity index (χ1n) is 7.18. The van der Waals surface area contributed by atoms with Gasteiger partial charge in [-0.3, -0.25) is 4.79 Å². The second kappa shape index (κ2) is 7.62. The van der Waals surface area contributed by atoms with Gasteiger partial charge in [-0.1, -0.05) is 48.0 Å². The third-order valence-corrected chi connectivity index (χ3v) is 5.72. The van der Waals surface area contributed by atoms with Crippen LogP contribution < -0.4 is 5.32 Å². The number of hydrogen-bond acceptors (Lipinski definition) is 3. The number of halogens is 1. The maximum absolute atomic E-state index is 12.2. The van der Waals surface area contributed by atoms with E-state index in [1.165, 1.54) is 12.1 Å². The molecule has 0 saturated carbocycles. The van der Waals surface area contributed by atoms with Crippen molar-refractivity contribution in [3.8, 4) is 0 Å². The van der Waals surface area contributed by atoms with Crippen molar-refractivity contribution in [1.82, 2.24) is 5.32 Å². The van der Waals surface area contributed by atoms with Gasteiger partial charge < -0.3 is 5.32 Å². The van der Waals surface area contributed by atoms with Crippen LogP contribution in [0.3, 0.4) is 0 Å². The molecule has 0 heterocycles. The predicted molar refractivity (Wildman–Crippen MR) is 91.1 cm³/mol. The average Bonchev–Trinajstić information content (AvgIpc) is 2.52. The first kappa shape index (κ1) is 17.5. The van der Waals surface area contributed by atoms with Crippen molar-refractivity contribution in [3.63, 3.8) is 0 Å². The molecule has 2 aromatic carbocycles. The SMILES string of the molecule is Cc1ccccc1CNC(=O)CCS(=O)(=O)c1ccccc1Cl. The first-order chi connectivity index (χ1) is 10.9. The minimum absolute atomic E-state index is 0.0633. The van der Waals surface area contributed by atoms with Crippen LogP contribution in [-0.2, 0) is 21.2 Å². The van der Waals surface area contributed by atoms with E-state index in [9.17, 15) is 13.2 Å². The standard InChI is InChI=1S/C17H18ClNO3S/c1-13-6-2-3-7-14(13)12-19-17(20)10-11-23(21,22)16-9-5-4-8-15(16)18/h2-9H,10-12H2,1H3,(H,19,20). The highest BCUT2D eigenvalue weighted by atomic mass is 35.5. The summed E-state index contributed by atoms with van der Waals surface area (Å²) in [5, 5.41) is 2.92. The van der Waals surface area contributed by atoms with E-state index in [1.54, 1.807) is 12.1 Å². The zero-order chi connectivity index (χ0) is 16.9. The fraction of sp³-hybridized carbons (Fsp3) is 0.235. The molecule has 0 saturated heterocycles. The largest absolute Gasteiger partial charge is 0.352 e. The molecule has 0 spiro atoms. The number of aryl methyl sites for hydroxylation is 1. The van der Waals surface area contributed by atoms with Gasteiger partial charge in [0.15, 0.2) is 9.84 Å². The Morgan fingerprint density at radius 2 is 1.74 bits per heavy atom. The molecule has 4 nitrogen and oxygen atoms in total. The van der Waals surface area contributed by atoms with Gasteiger partial charge in [-0.15, -0.1) is 0 Å². The molecule has 0 aliphatic heterocycles. The van der Waals surface area contributed by atoms with Crippen molar-refractivity contribution in [2.75, 3.05) is 5.75 Å². The lowest BCUT2D eigenvalue weighted by atomic mass is 10.1. The van der Waals surface area contributed by atoms with E-state index in [1.807, 2.05) is 31.2 Å². The van der Waals surface area contributed by atoms with Crippen molar-refractivity contribution >= 4 is 27.3 Å². The average molecular weight is 352 g/mol. The molecule has 23 heavy (non-hydrogen) atoms. The zero-order valence-corrected chi connectivity index (χ0v) is 14.3. The second-order valence-electron chi connectivity index (χ2n) is 5.20. The Balaban J connectivity index is 1.92. The Hall–Kier alpha value is -1.85. The molecule has 0 aliphatic rings. The minimum Gasteiger partial charge on any atom is -0.352 e. The van der Waals surface area contributed by atoms with E-state index >= 15 is 0 Å². The van der Waals surface area contributed by atoms with Gasteiger partial charge >= 0.3 is 0 Å². The molecule has 1 amide bonds. The van der Waals surface area contributed by atoms with Crippen LogP contribution in [0.4, 0.5) is 0 Å². The normalized spacial score (nSPS) is 11.2. The Bertz CT molecular complexity index is 803. The number of amides is 1. The number of rotatable bonds is 6. The Labute approximate surface area is 141 Å². The lowest BCUT2D eigenvalue weighted by Crippen LogP contribution is -2.25. The fourth-order valence-corrected chi connectivity index (χ4v) is 3.94. The summed E-state index contributed by atoms with van der Waals surface area (Å²) in [6.45, 7) is 2.35. The third-order valence-electron chi connectivity index (χ3n) is 3.51. The molecular weight excluding hydrogens is 334 g/mol. The van der Waals surface area contributed by atoms with Gasteiger partial charge in [-0.2, -0.15) is 0 Å². The summed E-state index contributed by atoms with van der Waals surface area (Å²) in [6, 6.07) is 14.0. The van der Waals surface area contributed by atoms with E-state index in [2.05, 4.69) is 5.32 Å². The van der Waals surface area contributed by atoms with Gasteiger partial charge in [0.25, 0.3) is 0 Å². The van der Waals surface area contributed by atoms with Crippen LogP contribution in [0.15, 0.2) is 53.4 Å². The summed E-state index contributed by atoms with van der Waals surface area (Å²) in [5.74, 6) is -0.569. The van der Waals surface area contributed by atoms with Crippen LogP contribution in [-0.4, -0.2) is 20.1 Å². The summed E-state index contributed by atoms with van der Waals surface area (Å²) in [5.41, 5.74) is 2.09. The van der Waals surface area contributed by atoms with E-state index in [0.29, 0.717) is 6.54 Å². The van der Waals surface area contributed by atoms with E-state index in [0.717, 1.165) is 11.1 Å². The second-order valence-corrected chi connectivity index (χ2v) is 7.69. The lowest BCUT2D eigenvalue weighted by Gasteiger charge is -2.09. The molecule has 1 N–H and O–H groups in total. The molecule has 0 bridgehead atoms. The van der Waals surface area contributed by atoms with Crippen molar-refractivity contribution < 1.29 is 13.2 Å². The van der Waals surface area contributed by atoms with Crippen LogP contribution in [0.1, 0.15) is 17.5 Å². The smallest absolute Gasteiger partial charge is 0.221 e. The van der Waals surface area contributed by atoms with Gasteiger partial charge in [0.2, 0.25) is 5.91 Å². The highest BCUT2D eigenvalue weighted by Gasteiger charge is 2.19. The van der Waals surface area contributed by atoms with Gasteiger partial charge in [-0.25, -0.2) is 8.42 Å². The van der Waals surface area contributed by atoms with Gasteiger partial charge in [-0.05, 0) is 30.2 Å². The number of carbonyl (C=O) groups excluding carboxylic acids is 1. The molecule has 0 aromatic heterocycles. The number of nitrogens with one attached hydrogen (secondary N) is 1. The zero-order valence-electron chi connectivity index (χ0n) is 12.8. The van der Waals surface area contributed by atoms with Crippen LogP contribution in [0.5, 0.6) is 0 Å². The topological polar surface area (TPSA) is 63.2 Å². The number of hydrogen-bond donors (Lipinski definition) is 1. The van der Waals surface area contributed by atoms with Gasteiger partial charge in [0.1, 0.15) is 0 Å². The van der Waals surface area contributed by atoms with Crippen molar-refractivity contribution in [1.29, 1.82) is 0 Å². The minimum atomic E-state index is -3.57. The van der Waals surface area contributed by atoms with Crippen molar-refractivity contribution in [2.45, 2.75) is 24.8 Å². The highest BCUT2D eigenvalue weighted by Crippen LogP contribution is 2.22. The number of carbonyl (C=O) groups is 1. The Kier molecular flexibility index (Phi) is 5.80. The molecule has 0 atom stereocenters. The molecule has 122 valence electrons. The summed E-state index contributed by atoms with van der Waals surface area (Å²) in [6.07, 6.45) is -0.0978. The summed E-state index contributed by atoms with van der Waals surface area (Å²) < 4.78 is 24.4. The molecule has 0 unspecified atom stereocenters. The number of benzene rings is 2. The molecular formula is C17H18ClNO3S. The fourth-order valence-electron chi connectivity index (χ4n) is 2.12. The van der Waals surface area contributed by atoms with Gasteiger partial charge in [0, 0.05) is 13.0 Å². The molecule has 0 radical (unpaired) electrons. The van der Waals surface area contributed by atoms with Crippen LogP contribution in [0.2, 0.25) is 5.02 Å². The summed E-state index contributed by atoms with van der Waals surface area (Å²) in [7, 11) is -3.57. The maximum Gasteiger partial charge on any atom is 0.221 e. The van der Waals surface area contributed by atoms with Gasteiger partial charge in [0.05, 0.1) is 15.7 Å². The lowest BCUT2D eigenvalue weighted by molar-refractivity contribution is -0.120. The molecule has 0 fully saturated rings. The molecule has 0 aliphatic carbocycles. The Morgan fingerprint density at radius 3 is 2.43 bits per heavy atom. The third kappa shape index (κ3) is 4.81. The van der Waals surface area contributed by atoms with Crippen molar-refractivity contribution in [2.24, 2.45) is 0 Å². The summed E-state index contributed by atoms with van der Waals surface area (Å²) >= 11 is 5.90. The molecule has 2 rings (SSSR count). The summed E-state index contributed by atoms with van der Waals surface area (Å²) in [4.78, 5) is 11.9. The van der Waals surface area contributed by atoms with E-state index in [-0.39, 0.29) is 28.0 Å². The monoisotopic (exact) mass is 351 g/mol. The number of sulfone groups is 1. The van der Waals surface area contributed by atoms with Crippen molar-refractivity contribution in [3.05, 3.63) is 64.7 Å². The van der Waals surface area contributed by atoms with E-state index in [4.69, 9.17) is 11.6 Å². The Morgan fingerprint density at radius 1 is 1.09 bits per heavy atom. The quantitative estimate of drug-likeness (QED) is 0.869. The van der Waals surface area contributed by atoms with Crippen LogP contribution >= 0.6 is 11.6 Å². The molecule has 6 heteroatoms. The van der Waals surface area contributed by atoms with E-state index < -0.39 is 9.84 Å². The van der Waals surface area contributed by atoms with Crippen LogP contribution in [0.25, 0.3) is 0 Å². The maximum atomic E-state index is 12.2. The first-order valence-corrected chi connectivity index (χ1v) is 9.21. The van der Waals surface area contributed by atoms with Crippen LogP contribution in [0, 0.1) is 6.92 Å².